The summed E-state index contributed by atoms with van der Waals surface area (Å²) in [4.78, 5) is 18.0. The Morgan fingerprint density at radius 2 is 2.33 bits per heavy atom. The maximum atomic E-state index is 11.3. The molecule has 0 radical (unpaired) electrons. The van der Waals surface area contributed by atoms with Crippen LogP contribution in [0.4, 0.5) is 0 Å². The third kappa shape index (κ3) is 1.24. The zero-order valence-corrected chi connectivity index (χ0v) is 9.90. The van der Waals surface area contributed by atoms with Gasteiger partial charge in [-0.2, -0.15) is 7.99 Å². The van der Waals surface area contributed by atoms with E-state index in [4.69, 9.17) is 0 Å². The SMILES string of the molecule is O=c1[nH]c(I)nc2c1cnn2I. The van der Waals surface area contributed by atoms with E-state index in [-0.39, 0.29) is 5.56 Å². The minimum Gasteiger partial charge on any atom is -0.301 e. The van der Waals surface area contributed by atoms with E-state index < -0.39 is 0 Å². The number of rotatable bonds is 0. The first-order valence-corrected chi connectivity index (χ1v) is 5.02. The van der Waals surface area contributed by atoms with Crippen molar-refractivity contribution in [1.29, 1.82) is 0 Å². The highest BCUT2D eigenvalue weighted by molar-refractivity contribution is 14.1. The van der Waals surface area contributed by atoms with Crippen LogP contribution in [0.1, 0.15) is 0 Å². The average Bonchev–Trinajstić information content (AvgIpc) is 2.33. The number of halogens is 2. The molecule has 12 heavy (non-hydrogen) atoms. The number of hydrogen-bond acceptors (Lipinski definition) is 3. The van der Waals surface area contributed by atoms with Gasteiger partial charge in [-0.05, 0) is 22.6 Å². The molecule has 0 unspecified atom stereocenters. The second-order valence-corrected chi connectivity index (χ2v) is 4.03. The molecule has 2 heterocycles. The monoisotopic (exact) mass is 388 g/mol. The first kappa shape index (κ1) is 8.41. The quantitative estimate of drug-likeness (QED) is 0.540. The first-order chi connectivity index (χ1) is 5.68. The van der Waals surface area contributed by atoms with E-state index in [1.165, 1.54) is 6.20 Å². The highest BCUT2D eigenvalue weighted by Crippen LogP contribution is 2.08. The van der Waals surface area contributed by atoms with Crippen LogP contribution < -0.4 is 5.56 Å². The Balaban J connectivity index is 3.03. The topological polar surface area (TPSA) is 63.6 Å². The third-order valence-corrected chi connectivity index (χ3v) is 2.59. The number of nitrogens with one attached hydrogen (secondary N) is 1. The summed E-state index contributed by atoms with van der Waals surface area (Å²) in [5.74, 6) is 0. The predicted octanol–water partition coefficient (Wildman–Crippen LogP) is 0.922. The summed E-state index contributed by atoms with van der Waals surface area (Å²) >= 11 is 3.93. The van der Waals surface area contributed by atoms with E-state index in [0.29, 0.717) is 14.9 Å². The molecule has 0 atom stereocenters. The van der Waals surface area contributed by atoms with Gasteiger partial charge in [0.15, 0.2) is 9.48 Å². The summed E-state index contributed by atoms with van der Waals surface area (Å²) in [6, 6.07) is 0. The summed E-state index contributed by atoms with van der Waals surface area (Å²) in [6.45, 7) is 0. The second kappa shape index (κ2) is 2.94. The Morgan fingerprint density at radius 3 is 3.08 bits per heavy atom. The fourth-order valence-electron chi connectivity index (χ4n) is 0.864. The molecule has 1 N–H and O–H groups in total. The van der Waals surface area contributed by atoms with E-state index in [0.717, 1.165) is 0 Å². The summed E-state index contributed by atoms with van der Waals surface area (Å²) in [7, 11) is 0. The van der Waals surface area contributed by atoms with Gasteiger partial charge in [-0.1, -0.05) is 0 Å². The molecule has 2 aromatic rings. The highest BCUT2D eigenvalue weighted by Gasteiger charge is 2.06. The molecule has 0 fully saturated rings. The van der Waals surface area contributed by atoms with Gasteiger partial charge in [0.2, 0.25) is 0 Å². The lowest BCUT2D eigenvalue weighted by molar-refractivity contribution is 1.04. The van der Waals surface area contributed by atoms with Gasteiger partial charge in [0.25, 0.3) is 5.56 Å². The van der Waals surface area contributed by atoms with E-state index in [1.807, 2.05) is 45.5 Å². The van der Waals surface area contributed by atoms with Crippen LogP contribution in [0, 0.1) is 3.83 Å². The van der Waals surface area contributed by atoms with Crippen LogP contribution in [0.25, 0.3) is 11.0 Å². The van der Waals surface area contributed by atoms with Gasteiger partial charge >= 0.3 is 0 Å². The van der Waals surface area contributed by atoms with Gasteiger partial charge in [0, 0.05) is 0 Å². The molecule has 0 aromatic carbocycles. The standard InChI is InChI=1S/C5H2I2N4O/c6-5-9-3-2(4(12)10-5)1-8-11(3)7/h1H,(H,9,10,12). The number of H-pyrrole nitrogens is 1. The van der Waals surface area contributed by atoms with Crippen LogP contribution in [0.2, 0.25) is 0 Å². The van der Waals surface area contributed by atoms with Crippen molar-refractivity contribution in [1.82, 2.24) is 18.0 Å². The van der Waals surface area contributed by atoms with Crippen molar-refractivity contribution in [3.63, 3.8) is 0 Å². The Morgan fingerprint density at radius 1 is 1.58 bits per heavy atom. The molecule has 0 aliphatic heterocycles. The van der Waals surface area contributed by atoms with Crippen LogP contribution in [0.5, 0.6) is 0 Å². The molecule has 5 nitrogen and oxygen atoms in total. The van der Waals surface area contributed by atoms with Crippen molar-refractivity contribution in [2.24, 2.45) is 0 Å². The normalized spacial score (nSPS) is 10.8. The Labute approximate surface area is 94.2 Å². The molecule has 7 heteroatoms. The zero-order valence-electron chi connectivity index (χ0n) is 5.58. The number of aromatic nitrogens is 4. The maximum absolute atomic E-state index is 11.3. The van der Waals surface area contributed by atoms with Crippen LogP contribution in [0.3, 0.4) is 0 Å². The third-order valence-electron chi connectivity index (χ3n) is 1.37. The minimum atomic E-state index is -0.146. The lowest BCUT2D eigenvalue weighted by Crippen LogP contribution is -2.08. The molecule has 0 spiro atoms. The lowest BCUT2D eigenvalue weighted by Gasteiger charge is -1.91. The summed E-state index contributed by atoms with van der Waals surface area (Å²) < 4.78 is 2.12. The van der Waals surface area contributed by atoms with E-state index >= 15 is 0 Å². The first-order valence-electron chi connectivity index (χ1n) is 2.98. The van der Waals surface area contributed by atoms with Crippen molar-refractivity contribution in [2.75, 3.05) is 0 Å². The largest absolute Gasteiger partial charge is 0.301 e. The van der Waals surface area contributed by atoms with E-state index in [1.54, 1.807) is 2.90 Å². The molecule has 0 aliphatic carbocycles. The Bertz CT molecular complexity index is 488. The number of hydrogen-bond donors (Lipinski definition) is 1. The molecule has 2 aromatic heterocycles. The number of nitrogens with zero attached hydrogens (tertiary/aromatic N) is 3. The van der Waals surface area contributed by atoms with Gasteiger partial charge in [0.05, 0.1) is 29.1 Å². The summed E-state index contributed by atoms with van der Waals surface area (Å²) in [5, 5.41) is 4.43. The van der Waals surface area contributed by atoms with Crippen LogP contribution >= 0.6 is 45.5 Å². The van der Waals surface area contributed by atoms with Gasteiger partial charge in [-0.15, -0.1) is 0 Å². The molecule has 0 saturated carbocycles. The molecule has 0 bridgehead atoms. The molecular weight excluding hydrogens is 386 g/mol. The van der Waals surface area contributed by atoms with Crippen LogP contribution in [-0.4, -0.2) is 18.0 Å². The molecule has 2 rings (SSSR count). The Kier molecular flexibility index (Phi) is 2.06. The fraction of sp³-hybridized carbons (Fsp3) is 0. The van der Waals surface area contributed by atoms with Crippen molar-refractivity contribution >= 4 is 56.5 Å². The molecular formula is C5H2I2N4O. The Hall–Kier alpha value is -0.190. The van der Waals surface area contributed by atoms with Crippen LogP contribution in [0.15, 0.2) is 11.0 Å². The second-order valence-electron chi connectivity index (χ2n) is 2.10. The maximum Gasteiger partial charge on any atom is 0.262 e. The lowest BCUT2D eigenvalue weighted by atomic mass is 10.4. The number of aromatic amines is 1. The molecule has 62 valence electrons. The molecule has 0 amide bonds. The van der Waals surface area contributed by atoms with E-state index in [2.05, 4.69) is 15.1 Å². The van der Waals surface area contributed by atoms with Gasteiger partial charge in [-0.3, -0.25) is 4.79 Å². The fourth-order valence-corrected chi connectivity index (χ4v) is 1.83. The average molecular weight is 388 g/mol. The van der Waals surface area contributed by atoms with Crippen molar-refractivity contribution in [3.05, 3.63) is 20.4 Å². The summed E-state index contributed by atoms with van der Waals surface area (Å²) in [6.07, 6.45) is 1.50. The molecule has 0 saturated heterocycles. The van der Waals surface area contributed by atoms with E-state index in [9.17, 15) is 4.79 Å². The highest BCUT2D eigenvalue weighted by atomic mass is 127. The molecule has 0 aliphatic rings. The van der Waals surface area contributed by atoms with Gasteiger partial charge in [0.1, 0.15) is 5.39 Å². The van der Waals surface area contributed by atoms with Crippen molar-refractivity contribution in [3.8, 4) is 0 Å². The van der Waals surface area contributed by atoms with Gasteiger partial charge in [-0.25, -0.2) is 4.98 Å². The smallest absolute Gasteiger partial charge is 0.262 e. The van der Waals surface area contributed by atoms with Crippen molar-refractivity contribution in [2.45, 2.75) is 0 Å². The van der Waals surface area contributed by atoms with Crippen molar-refractivity contribution < 1.29 is 0 Å². The minimum absolute atomic E-state index is 0.146. The number of fused-ring (bicyclic) bond motifs is 1. The van der Waals surface area contributed by atoms with Crippen LogP contribution in [-0.2, 0) is 0 Å². The summed E-state index contributed by atoms with van der Waals surface area (Å²) in [5.41, 5.74) is 0.455. The predicted molar refractivity (Wildman–Crippen MR) is 60.3 cm³/mol. The van der Waals surface area contributed by atoms with Gasteiger partial charge < -0.3 is 4.98 Å². The zero-order chi connectivity index (χ0) is 8.72.